The molecule has 2 rings (SSSR count). The maximum atomic E-state index is 5.51. The summed E-state index contributed by atoms with van der Waals surface area (Å²) in [6.45, 7) is 3.91. The van der Waals surface area contributed by atoms with Crippen molar-refractivity contribution in [1.82, 2.24) is 5.32 Å². The standard InChI is InChI=1S/C11H17NOS/c1-9-7-13-8-10(12-9)4-5-11-3-2-6-14-11/h2-3,6,9-10,12H,4-5,7-8H2,1H3. The number of aryl methyl sites for hydroxylation is 1. The number of morpholine rings is 1. The topological polar surface area (TPSA) is 21.3 Å². The fourth-order valence-electron chi connectivity index (χ4n) is 1.82. The van der Waals surface area contributed by atoms with Crippen LogP contribution in [-0.4, -0.2) is 25.3 Å². The van der Waals surface area contributed by atoms with E-state index in [0.29, 0.717) is 12.1 Å². The molecule has 1 aromatic rings. The second kappa shape index (κ2) is 4.91. The largest absolute Gasteiger partial charge is 0.378 e. The first kappa shape index (κ1) is 10.1. The van der Waals surface area contributed by atoms with Gasteiger partial charge in [0.2, 0.25) is 0 Å². The van der Waals surface area contributed by atoms with Crippen molar-refractivity contribution >= 4 is 11.3 Å². The highest BCUT2D eigenvalue weighted by molar-refractivity contribution is 7.09. The summed E-state index contributed by atoms with van der Waals surface area (Å²) in [6.07, 6.45) is 2.36. The minimum atomic E-state index is 0.511. The van der Waals surface area contributed by atoms with Crippen LogP contribution in [0.1, 0.15) is 18.2 Å². The maximum Gasteiger partial charge on any atom is 0.0620 e. The fourth-order valence-corrected chi connectivity index (χ4v) is 2.55. The molecule has 0 aliphatic carbocycles. The summed E-state index contributed by atoms with van der Waals surface area (Å²) in [5.41, 5.74) is 0. The monoisotopic (exact) mass is 211 g/mol. The van der Waals surface area contributed by atoms with Crippen molar-refractivity contribution in [2.75, 3.05) is 13.2 Å². The predicted octanol–water partition coefficient (Wildman–Crippen LogP) is 2.06. The Morgan fingerprint density at radius 3 is 3.21 bits per heavy atom. The smallest absolute Gasteiger partial charge is 0.0620 e. The number of rotatable bonds is 3. The molecule has 78 valence electrons. The van der Waals surface area contributed by atoms with Crippen molar-refractivity contribution < 1.29 is 4.74 Å². The second-order valence-electron chi connectivity index (χ2n) is 3.92. The van der Waals surface area contributed by atoms with Crippen LogP contribution in [0.4, 0.5) is 0 Å². The number of thiophene rings is 1. The van der Waals surface area contributed by atoms with E-state index in [1.54, 1.807) is 0 Å². The van der Waals surface area contributed by atoms with Crippen LogP contribution in [0.15, 0.2) is 17.5 Å². The van der Waals surface area contributed by atoms with E-state index < -0.39 is 0 Å². The van der Waals surface area contributed by atoms with Crippen molar-refractivity contribution in [3.8, 4) is 0 Å². The lowest BCUT2D eigenvalue weighted by Crippen LogP contribution is -2.47. The van der Waals surface area contributed by atoms with E-state index in [0.717, 1.165) is 13.2 Å². The van der Waals surface area contributed by atoms with Gasteiger partial charge in [-0.3, -0.25) is 0 Å². The molecule has 2 heterocycles. The molecule has 1 aliphatic heterocycles. The van der Waals surface area contributed by atoms with E-state index in [1.165, 1.54) is 17.7 Å². The van der Waals surface area contributed by atoms with Gasteiger partial charge >= 0.3 is 0 Å². The summed E-state index contributed by atoms with van der Waals surface area (Å²) in [5, 5.41) is 5.70. The van der Waals surface area contributed by atoms with E-state index in [4.69, 9.17) is 4.74 Å². The first-order valence-electron chi connectivity index (χ1n) is 5.21. The summed E-state index contributed by atoms with van der Waals surface area (Å²) in [7, 11) is 0. The third-order valence-corrected chi connectivity index (χ3v) is 3.46. The normalized spacial score (nSPS) is 27.8. The highest BCUT2D eigenvalue weighted by Gasteiger charge is 2.17. The Balaban J connectivity index is 1.75. The quantitative estimate of drug-likeness (QED) is 0.826. The Morgan fingerprint density at radius 2 is 2.50 bits per heavy atom. The van der Waals surface area contributed by atoms with Gasteiger partial charge in [0, 0.05) is 17.0 Å². The van der Waals surface area contributed by atoms with E-state index in [2.05, 4.69) is 29.8 Å². The molecule has 0 spiro atoms. The van der Waals surface area contributed by atoms with E-state index in [-0.39, 0.29) is 0 Å². The van der Waals surface area contributed by atoms with E-state index >= 15 is 0 Å². The molecule has 1 saturated heterocycles. The van der Waals surface area contributed by atoms with Gasteiger partial charge in [-0.05, 0) is 31.2 Å². The zero-order valence-electron chi connectivity index (χ0n) is 8.53. The average molecular weight is 211 g/mol. The minimum Gasteiger partial charge on any atom is -0.378 e. The van der Waals surface area contributed by atoms with Gasteiger partial charge in [0.1, 0.15) is 0 Å². The lowest BCUT2D eigenvalue weighted by atomic mass is 10.1. The Hall–Kier alpha value is -0.380. The summed E-state index contributed by atoms with van der Waals surface area (Å²) in [6, 6.07) is 5.38. The van der Waals surface area contributed by atoms with Crippen molar-refractivity contribution in [1.29, 1.82) is 0 Å². The van der Waals surface area contributed by atoms with Crippen molar-refractivity contribution in [3.05, 3.63) is 22.4 Å². The summed E-state index contributed by atoms with van der Waals surface area (Å²) >= 11 is 1.84. The van der Waals surface area contributed by atoms with Crippen LogP contribution in [0.2, 0.25) is 0 Å². The highest BCUT2D eigenvalue weighted by Crippen LogP contribution is 2.13. The molecule has 2 unspecified atom stereocenters. The van der Waals surface area contributed by atoms with Crippen molar-refractivity contribution in [2.45, 2.75) is 31.8 Å². The first-order chi connectivity index (χ1) is 6.84. The van der Waals surface area contributed by atoms with E-state index in [9.17, 15) is 0 Å². The molecule has 0 amide bonds. The van der Waals surface area contributed by atoms with Crippen molar-refractivity contribution in [2.24, 2.45) is 0 Å². The summed E-state index contributed by atoms with van der Waals surface area (Å²) in [5.74, 6) is 0. The maximum absolute atomic E-state index is 5.51. The Kier molecular flexibility index (Phi) is 3.56. The van der Waals surface area contributed by atoms with Crippen molar-refractivity contribution in [3.63, 3.8) is 0 Å². The van der Waals surface area contributed by atoms with Crippen LogP contribution in [0.3, 0.4) is 0 Å². The van der Waals surface area contributed by atoms with Gasteiger partial charge in [-0.25, -0.2) is 0 Å². The zero-order chi connectivity index (χ0) is 9.80. The number of hydrogen-bond donors (Lipinski definition) is 1. The Labute approximate surface area is 89.3 Å². The summed E-state index contributed by atoms with van der Waals surface area (Å²) in [4.78, 5) is 1.48. The molecule has 0 saturated carbocycles. The van der Waals surface area contributed by atoms with Crippen LogP contribution in [0.5, 0.6) is 0 Å². The first-order valence-corrected chi connectivity index (χ1v) is 6.09. The number of hydrogen-bond acceptors (Lipinski definition) is 3. The highest BCUT2D eigenvalue weighted by atomic mass is 32.1. The zero-order valence-corrected chi connectivity index (χ0v) is 9.35. The van der Waals surface area contributed by atoms with Crippen LogP contribution in [0, 0.1) is 0 Å². The molecule has 1 fully saturated rings. The lowest BCUT2D eigenvalue weighted by molar-refractivity contribution is 0.0484. The van der Waals surface area contributed by atoms with Crippen LogP contribution in [0.25, 0.3) is 0 Å². The lowest BCUT2D eigenvalue weighted by Gasteiger charge is -2.28. The molecule has 1 N–H and O–H groups in total. The van der Waals surface area contributed by atoms with Gasteiger partial charge in [-0.1, -0.05) is 6.07 Å². The van der Waals surface area contributed by atoms with Gasteiger partial charge in [0.15, 0.2) is 0 Å². The third-order valence-electron chi connectivity index (χ3n) is 2.53. The molecule has 3 heteroatoms. The van der Waals surface area contributed by atoms with Gasteiger partial charge in [-0.2, -0.15) is 0 Å². The number of ether oxygens (including phenoxy) is 1. The molecule has 2 nitrogen and oxygen atoms in total. The molecule has 0 radical (unpaired) electrons. The van der Waals surface area contributed by atoms with Gasteiger partial charge < -0.3 is 10.1 Å². The second-order valence-corrected chi connectivity index (χ2v) is 4.95. The molecule has 2 atom stereocenters. The molecular weight excluding hydrogens is 194 g/mol. The van der Waals surface area contributed by atoms with Crippen LogP contribution >= 0.6 is 11.3 Å². The molecule has 14 heavy (non-hydrogen) atoms. The van der Waals surface area contributed by atoms with Gasteiger partial charge in [0.05, 0.1) is 13.2 Å². The number of nitrogens with one attached hydrogen (secondary N) is 1. The Bertz CT molecular complexity index is 260. The molecule has 0 bridgehead atoms. The van der Waals surface area contributed by atoms with Gasteiger partial charge in [0.25, 0.3) is 0 Å². The van der Waals surface area contributed by atoms with Crippen LogP contribution in [-0.2, 0) is 11.2 Å². The molecule has 1 aromatic heterocycles. The molecular formula is C11H17NOS. The van der Waals surface area contributed by atoms with Crippen LogP contribution < -0.4 is 5.32 Å². The molecule has 0 aromatic carbocycles. The third kappa shape index (κ3) is 2.80. The predicted molar refractivity (Wildman–Crippen MR) is 59.8 cm³/mol. The Morgan fingerprint density at radius 1 is 1.57 bits per heavy atom. The minimum absolute atomic E-state index is 0.511. The fraction of sp³-hybridized carbons (Fsp3) is 0.636. The average Bonchev–Trinajstić information content (AvgIpc) is 2.67. The summed E-state index contributed by atoms with van der Waals surface area (Å²) < 4.78 is 5.51. The van der Waals surface area contributed by atoms with E-state index in [1.807, 2.05) is 11.3 Å². The molecule has 1 aliphatic rings. The van der Waals surface area contributed by atoms with Gasteiger partial charge in [-0.15, -0.1) is 11.3 Å². The SMILES string of the molecule is CC1COCC(CCc2cccs2)N1.